The van der Waals surface area contributed by atoms with Crippen molar-refractivity contribution in [1.29, 1.82) is 0 Å². The molecule has 16 heavy (non-hydrogen) atoms. The van der Waals surface area contributed by atoms with Gasteiger partial charge in [-0.15, -0.1) is 0 Å². The standard InChI is InChI=1S/C13H21FN2/c1-4-10(3)9-16(5-2)13-8-11(14)6-7-12(13)15/h6-8,10H,4-5,9,15H2,1-3H3. The molecular formula is C13H21FN2. The third-order valence-corrected chi connectivity index (χ3v) is 2.94. The van der Waals surface area contributed by atoms with Gasteiger partial charge < -0.3 is 10.6 Å². The first kappa shape index (κ1) is 12.8. The van der Waals surface area contributed by atoms with E-state index in [1.165, 1.54) is 12.1 Å². The highest BCUT2D eigenvalue weighted by Gasteiger charge is 2.11. The average molecular weight is 224 g/mol. The van der Waals surface area contributed by atoms with Crippen LogP contribution in [0.4, 0.5) is 15.8 Å². The molecule has 0 aliphatic rings. The Labute approximate surface area is 97.3 Å². The van der Waals surface area contributed by atoms with Crippen molar-refractivity contribution in [3.63, 3.8) is 0 Å². The summed E-state index contributed by atoms with van der Waals surface area (Å²) in [6, 6.07) is 4.54. The third-order valence-electron chi connectivity index (χ3n) is 2.94. The number of benzene rings is 1. The predicted octanol–water partition coefficient (Wildman–Crippen LogP) is 3.28. The lowest BCUT2D eigenvalue weighted by molar-refractivity contribution is 0.547. The minimum absolute atomic E-state index is 0.230. The zero-order valence-corrected chi connectivity index (χ0v) is 10.3. The maximum Gasteiger partial charge on any atom is 0.125 e. The Hall–Kier alpha value is -1.25. The SMILES string of the molecule is CCC(C)CN(CC)c1cc(F)ccc1N. The molecule has 0 saturated heterocycles. The Balaban J connectivity index is 2.89. The summed E-state index contributed by atoms with van der Waals surface area (Å²) in [7, 11) is 0. The van der Waals surface area contributed by atoms with Crippen LogP contribution in [0.15, 0.2) is 18.2 Å². The second-order valence-electron chi connectivity index (χ2n) is 4.26. The van der Waals surface area contributed by atoms with E-state index in [4.69, 9.17) is 5.73 Å². The number of hydrogen-bond acceptors (Lipinski definition) is 2. The summed E-state index contributed by atoms with van der Waals surface area (Å²) < 4.78 is 13.2. The van der Waals surface area contributed by atoms with Crippen LogP contribution < -0.4 is 10.6 Å². The number of rotatable bonds is 5. The van der Waals surface area contributed by atoms with Gasteiger partial charge in [0, 0.05) is 13.1 Å². The zero-order valence-electron chi connectivity index (χ0n) is 10.3. The van der Waals surface area contributed by atoms with Crippen molar-refractivity contribution in [3.8, 4) is 0 Å². The van der Waals surface area contributed by atoms with Gasteiger partial charge >= 0.3 is 0 Å². The maximum atomic E-state index is 13.2. The first-order chi connectivity index (χ1) is 7.58. The summed E-state index contributed by atoms with van der Waals surface area (Å²) in [4.78, 5) is 2.13. The molecular weight excluding hydrogens is 203 g/mol. The molecule has 0 amide bonds. The van der Waals surface area contributed by atoms with E-state index in [-0.39, 0.29) is 5.82 Å². The number of halogens is 1. The van der Waals surface area contributed by atoms with Crippen LogP contribution >= 0.6 is 0 Å². The molecule has 1 rings (SSSR count). The molecule has 0 fully saturated rings. The first-order valence-electron chi connectivity index (χ1n) is 5.88. The highest BCUT2D eigenvalue weighted by Crippen LogP contribution is 2.25. The molecule has 0 aromatic heterocycles. The van der Waals surface area contributed by atoms with Crippen molar-refractivity contribution in [2.45, 2.75) is 27.2 Å². The number of hydrogen-bond donors (Lipinski definition) is 1. The van der Waals surface area contributed by atoms with Gasteiger partial charge in [0.2, 0.25) is 0 Å². The lowest BCUT2D eigenvalue weighted by Crippen LogP contribution is -2.28. The molecule has 1 aromatic carbocycles. The van der Waals surface area contributed by atoms with Crippen LogP contribution in [0, 0.1) is 11.7 Å². The quantitative estimate of drug-likeness (QED) is 0.778. The molecule has 0 spiro atoms. The summed E-state index contributed by atoms with van der Waals surface area (Å²) in [5.74, 6) is 0.356. The van der Waals surface area contributed by atoms with Crippen molar-refractivity contribution < 1.29 is 4.39 Å². The van der Waals surface area contributed by atoms with Gasteiger partial charge in [-0.25, -0.2) is 4.39 Å². The lowest BCUT2D eigenvalue weighted by atomic mass is 10.1. The third kappa shape index (κ3) is 3.12. The van der Waals surface area contributed by atoms with E-state index in [1.54, 1.807) is 6.07 Å². The Kier molecular flexibility index (Phi) is 4.59. The predicted molar refractivity (Wildman–Crippen MR) is 68.2 cm³/mol. The summed E-state index contributed by atoms with van der Waals surface area (Å²) in [6.07, 6.45) is 1.12. The van der Waals surface area contributed by atoms with E-state index >= 15 is 0 Å². The largest absolute Gasteiger partial charge is 0.397 e. The van der Waals surface area contributed by atoms with Crippen LogP contribution in [0.3, 0.4) is 0 Å². The number of nitrogens with two attached hydrogens (primary N) is 1. The molecule has 90 valence electrons. The second kappa shape index (κ2) is 5.73. The number of nitrogen functional groups attached to an aromatic ring is 1. The van der Waals surface area contributed by atoms with Crippen LogP contribution in [0.25, 0.3) is 0 Å². The van der Waals surface area contributed by atoms with Crippen molar-refractivity contribution in [1.82, 2.24) is 0 Å². The zero-order chi connectivity index (χ0) is 12.1. The van der Waals surface area contributed by atoms with E-state index in [2.05, 4.69) is 25.7 Å². The van der Waals surface area contributed by atoms with Crippen molar-refractivity contribution in [2.24, 2.45) is 5.92 Å². The molecule has 1 aromatic rings. The molecule has 3 heteroatoms. The van der Waals surface area contributed by atoms with E-state index in [0.717, 1.165) is 25.2 Å². The summed E-state index contributed by atoms with van der Waals surface area (Å²) in [5, 5.41) is 0. The minimum atomic E-state index is -0.230. The van der Waals surface area contributed by atoms with E-state index < -0.39 is 0 Å². The summed E-state index contributed by atoms with van der Waals surface area (Å²) >= 11 is 0. The Morgan fingerprint density at radius 1 is 1.38 bits per heavy atom. The van der Waals surface area contributed by atoms with Crippen LogP contribution in [0.5, 0.6) is 0 Å². The first-order valence-corrected chi connectivity index (χ1v) is 5.88. The fraction of sp³-hybridized carbons (Fsp3) is 0.538. The van der Waals surface area contributed by atoms with Crippen molar-refractivity contribution in [3.05, 3.63) is 24.0 Å². The number of anilines is 2. The molecule has 2 N–H and O–H groups in total. The van der Waals surface area contributed by atoms with Crippen molar-refractivity contribution in [2.75, 3.05) is 23.7 Å². The monoisotopic (exact) mass is 224 g/mol. The average Bonchev–Trinajstić information content (AvgIpc) is 2.29. The molecule has 0 radical (unpaired) electrons. The molecule has 0 saturated carbocycles. The summed E-state index contributed by atoms with van der Waals surface area (Å²) in [5.41, 5.74) is 7.33. The van der Waals surface area contributed by atoms with Gasteiger partial charge in [0.15, 0.2) is 0 Å². The number of nitrogens with zero attached hydrogens (tertiary/aromatic N) is 1. The molecule has 1 unspecified atom stereocenters. The minimum Gasteiger partial charge on any atom is -0.397 e. The van der Waals surface area contributed by atoms with Crippen LogP contribution in [0.1, 0.15) is 27.2 Å². The van der Waals surface area contributed by atoms with Gasteiger partial charge in [0.05, 0.1) is 11.4 Å². The van der Waals surface area contributed by atoms with E-state index in [0.29, 0.717) is 11.6 Å². The van der Waals surface area contributed by atoms with Crippen LogP contribution in [0.2, 0.25) is 0 Å². The molecule has 0 bridgehead atoms. The van der Waals surface area contributed by atoms with Crippen LogP contribution in [-0.4, -0.2) is 13.1 Å². The Bertz CT molecular complexity index is 339. The topological polar surface area (TPSA) is 29.3 Å². The summed E-state index contributed by atoms with van der Waals surface area (Å²) in [6.45, 7) is 8.18. The van der Waals surface area contributed by atoms with Gasteiger partial charge in [-0.2, -0.15) is 0 Å². The maximum absolute atomic E-state index is 13.2. The van der Waals surface area contributed by atoms with Crippen molar-refractivity contribution >= 4 is 11.4 Å². The second-order valence-corrected chi connectivity index (χ2v) is 4.26. The fourth-order valence-corrected chi connectivity index (χ4v) is 1.69. The molecule has 0 aliphatic carbocycles. The van der Waals surface area contributed by atoms with E-state index in [1.807, 2.05) is 0 Å². The van der Waals surface area contributed by atoms with E-state index in [9.17, 15) is 4.39 Å². The van der Waals surface area contributed by atoms with Gasteiger partial charge in [-0.1, -0.05) is 20.3 Å². The van der Waals surface area contributed by atoms with Gasteiger partial charge in [0.1, 0.15) is 5.82 Å². The van der Waals surface area contributed by atoms with Crippen LogP contribution in [-0.2, 0) is 0 Å². The molecule has 0 aliphatic heterocycles. The Morgan fingerprint density at radius 2 is 2.06 bits per heavy atom. The highest BCUT2D eigenvalue weighted by atomic mass is 19.1. The lowest BCUT2D eigenvalue weighted by Gasteiger charge is -2.27. The highest BCUT2D eigenvalue weighted by molar-refractivity contribution is 5.67. The molecule has 2 nitrogen and oxygen atoms in total. The molecule has 1 atom stereocenters. The Morgan fingerprint density at radius 3 is 2.62 bits per heavy atom. The van der Waals surface area contributed by atoms with Gasteiger partial charge in [-0.3, -0.25) is 0 Å². The van der Waals surface area contributed by atoms with Gasteiger partial charge in [-0.05, 0) is 31.0 Å². The smallest absolute Gasteiger partial charge is 0.125 e. The normalized spacial score (nSPS) is 12.5. The van der Waals surface area contributed by atoms with Gasteiger partial charge in [0.25, 0.3) is 0 Å². The fourth-order valence-electron chi connectivity index (χ4n) is 1.69. The molecule has 0 heterocycles.